The number of benzene rings is 1. The largest absolute Gasteiger partial charge is 0.459 e. The first-order chi connectivity index (χ1) is 14.9. The van der Waals surface area contributed by atoms with Gasteiger partial charge in [0.15, 0.2) is 0 Å². The van der Waals surface area contributed by atoms with Gasteiger partial charge in [0.2, 0.25) is 5.95 Å². The summed E-state index contributed by atoms with van der Waals surface area (Å²) < 4.78 is 19.6. The molecule has 0 bridgehead atoms. The molecule has 8 nitrogen and oxygen atoms in total. The fraction of sp³-hybridized carbons (Fsp3) is 0.409. The maximum atomic E-state index is 13.6. The van der Waals surface area contributed by atoms with Crippen LogP contribution in [-0.2, 0) is 0 Å². The van der Waals surface area contributed by atoms with E-state index in [2.05, 4.69) is 30.8 Å². The Hall–Kier alpha value is -3.20. The minimum Gasteiger partial charge on any atom is -0.459 e. The van der Waals surface area contributed by atoms with E-state index in [1.807, 2.05) is 20.8 Å². The van der Waals surface area contributed by atoms with Crippen LogP contribution in [0.3, 0.4) is 0 Å². The zero-order valence-electron chi connectivity index (χ0n) is 17.9. The monoisotopic (exact) mass is 426 g/mol. The molecule has 1 aliphatic heterocycles. The van der Waals surface area contributed by atoms with E-state index in [-0.39, 0.29) is 23.8 Å². The number of aromatic nitrogens is 2. The van der Waals surface area contributed by atoms with Crippen molar-refractivity contribution in [3.05, 3.63) is 47.7 Å². The Labute approximate surface area is 180 Å². The van der Waals surface area contributed by atoms with Gasteiger partial charge in [0.1, 0.15) is 17.2 Å². The summed E-state index contributed by atoms with van der Waals surface area (Å²) in [7, 11) is 0. The van der Waals surface area contributed by atoms with Gasteiger partial charge in [-0.15, -0.1) is 0 Å². The number of fused-ring (bicyclic) bond motifs is 1. The SMILES string of the molecule is Cc1c(C(NC(=O)Nc2cnc(N3CCNCC3)nc2)C(C)C)oc2ccc(F)cc12. The van der Waals surface area contributed by atoms with Crippen LogP contribution in [-0.4, -0.2) is 42.2 Å². The van der Waals surface area contributed by atoms with Crippen molar-refractivity contribution in [2.24, 2.45) is 5.92 Å². The first-order valence-electron chi connectivity index (χ1n) is 10.5. The topological polar surface area (TPSA) is 95.3 Å². The molecule has 31 heavy (non-hydrogen) atoms. The van der Waals surface area contributed by atoms with Crippen LogP contribution in [0.25, 0.3) is 11.0 Å². The van der Waals surface area contributed by atoms with Crippen LogP contribution in [0.5, 0.6) is 0 Å². The number of piperazine rings is 1. The third-order valence-corrected chi connectivity index (χ3v) is 5.47. The average Bonchev–Trinajstić information content (AvgIpc) is 3.08. The zero-order chi connectivity index (χ0) is 22.0. The molecule has 1 fully saturated rings. The van der Waals surface area contributed by atoms with E-state index in [4.69, 9.17) is 4.42 Å². The van der Waals surface area contributed by atoms with E-state index in [0.717, 1.165) is 31.7 Å². The van der Waals surface area contributed by atoms with Crippen LogP contribution in [0.1, 0.15) is 31.2 Å². The molecule has 0 saturated carbocycles. The lowest BCUT2D eigenvalue weighted by Crippen LogP contribution is -2.44. The van der Waals surface area contributed by atoms with Gasteiger partial charge in [-0.05, 0) is 31.0 Å². The van der Waals surface area contributed by atoms with E-state index in [1.54, 1.807) is 18.5 Å². The number of carbonyl (C=O) groups excluding carboxylic acids is 1. The molecule has 3 aromatic rings. The molecule has 3 N–H and O–H groups in total. The summed E-state index contributed by atoms with van der Waals surface area (Å²) in [5, 5.41) is 9.74. The van der Waals surface area contributed by atoms with Crippen LogP contribution >= 0.6 is 0 Å². The minimum absolute atomic E-state index is 0.0567. The molecule has 1 aromatic carbocycles. The molecule has 1 saturated heterocycles. The molecular formula is C22H27FN6O2. The Kier molecular flexibility index (Phi) is 6.03. The van der Waals surface area contributed by atoms with E-state index >= 15 is 0 Å². The second kappa shape index (κ2) is 8.89. The van der Waals surface area contributed by atoms with Crippen molar-refractivity contribution in [2.75, 3.05) is 36.4 Å². The molecule has 164 valence electrons. The van der Waals surface area contributed by atoms with Gasteiger partial charge in [-0.25, -0.2) is 19.2 Å². The van der Waals surface area contributed by atoms with Gasteiger partial charge < -0.3 is 25.3 Å². The molecule has 1 atom stereocenters. The number of anilines is 2. The van der Waals surface area contributed by atoms with Gasteiger partial charge in [-0.3, -0.25) is 0 Å². The fourth-order valence-corrected chi connectivity index (χ4v) is 3.77. The molecule has 0 spiro atoms. The number of hydrogen-bond donors (Lipinski definition) is 3. The van der Waals surface area contributed by atoms with Gasteiger partial charge in [-0.1, -0.05) is 13.8 Å². The van der Waals surface area contributed by atoms with Crippen molar-refractivity contribution < 1.29 is 13.6 Å². The Balaban J connectivity index is 1.46. The molecular weight excluding hydrogens is 399 g/mol. The number of nitrogens with zero attached hydrogens (tertiary/aromatic N) is 3. The summed E-state index contributed by atoms with van der Waals surface area (Å²) in [5.74, 6) is 1.01. The maximum Gasteiger partial charge on any atom is 0.319 e. The van der Waals surface area contributed by atoms with Crippen molar-refractivity contribution in [1.82, 2.24) is 20.6 Å². The van der Waals surface area contributed by atoms with Gasteiger partial charge in [-0.2, -0.15) is 0 Å². The van der Waals surface area contributed by atoms with Crippen molar-refractivity contribution >= 4 is 28.6 Å². The van der Waals surface area contributed by atoms with E-state index < -0.39 is 0 Å². The Bertz CT molecular complexity index is 1060. The third-order valence-electron chi connectivity index (χ3n) is 5.47. The zero-order valence-corrected chi connectivity index (χ0v) is 17.9. The fourth-order valence-electron chi connectivity index (χ4n) is 3.77. The Morgan fingerprint density at radius 3 is 2.61 bits per heavy atom. The maximum absolute atomic E-state index is 13.6. The second-order valence-electron chi connectivity index (χ2n) is 8.06. The smallest absolute Gasteiger partial charge is 0.319 e. The van der Waals surface area contributed by atoms with Crippen molar-refractivity contribution in [2.45, 2.75) is 26.8 Å². The van der Waals surface area contributed by atoms with Crippen LogP contribution < -0.4 is 20.9 Å². The lowest BCUT2D eigenvalue weighted by molar-refractivity contribution is 0.241. The molecule has 0 aliphatic carbocycles. The van der Waals surface area contributed by atoms with E-state index in [1.165, 1.54) is 12.1 Å². The second-order valence-corrected chi connectivity index (χ2v) is 8.06. The van der Waals surface area contributed by atoms with E-state index in [9.17, 15) is 9.18 Å². The van der Waals surface area contributed by atoms with Crippen molar-refractivity contribution in [3.63, 3.8) is 0 Å². The molecule has 0 radical (unpaired) electrons. The van der Waals surface area contributed by atoms with Crippen molar-refractivity contribution in [1.29, 1.82) is 0 Å². The highest BCUT2D eigenvalue weighted by Crippen LogP contribution is 2.33. The standard InChI is InChI=1S/C22H27FN6O2/c1-13(2)19(20-14(3)17-10-15(23)4-5-18(17)31-20)28-22(30)27-16-11-25-21(26-12-16)29-8-6-24-7-9-29/h4-5,10-13,19,24H,6-9H2,1-3H3,(H2,27,28,30). The quantitative estimate of drug-likeness (QED) is 0.577. The number of hydrogen-bond acceptors (Lipinski definition) is 6. The molecule has 1 unspecified atom stereocenters. The number of furan rings is 1. The normalized spacial score (nSPS) is 15.3. The minimum atomic E-state index is -0.386. The number of aryl methyl sites for hydroxylation is 1. The highest BCUT2D eigenvalue weighted by molar-refractivity contribution is 5.89. The molecule has 2 amide bonds. The van der Waals surface area contributed by atoms with Gasteiger partial charge in [0.25, 0.3) is 0 Å². The van der Waals surface area contributed by atoms with Gasteiger partial charge in [0.05, 0.1) is 24.1 Å². The third kappa shape index (κ3) is 4.61. The lowest BCUT2D eigenvalue weighted by atomic mass is 9.98. The molecule has 3 heterocycles. The Morgan fingerprint density at radius 1 is 1.23 bits per heavy atom. The van der Waals surface area contributed by atoms with Crippen LogP contribution in [0.15, 0.2) is 35.0 Å². The van der Waals surface area contributed by atoms with Crippen molar-refractivity contribution in [3.8, 4) is 0 Å². The highest BCUT2D eigenvalue weighted by Gasteiger charge is 2.25. The number of carbonyl (C=O) groups is 1. The predicted molar refractivity (Wildman–Crippen MR) is 118 cm³/mol. The molecule has 1 aliphatic rings. The highest BCUT2D eigenvalue weighted by atomic mass is 19.1. The summed E-state index contributed by atoms with van der Waals surface area (Å²) in [6, 6.07) is 3.66. The summed E-state index contributed by atoms with van der Waals surface area (Å²) >= 11 is 0. The number of amides is 2. The Morgan fingerprint density at radius 2 is 1.94 bits per heavy atom. The predicted octanol–water partition coefficient (Wildman–Crippen LogP) is 3.60. The number of halogens is 1. The van der Waals surface area contributed by atoms with Crippen LogP contribution in [0.4, 0.5) is 20.8 Å². The lowest BCUT2D eigenvalue weighted by Gasteiger charge is -2.27. The van der Waals surface area contributed by atoms with Crippen LogP contribution in [0, 0.1) is 18.7 Å². The summed E-state index contributed by atoms with van der Waals surface area (Å²) in [4.78, 5) is 23.5. The molecule has 4 rings (SSSR count). The summed E-state index contributed by atoms with van der Waals surface area (Å²) in [5.41, 5.74) is 1.91. The number of nitrogens with one attached hydrogen (secondary N) is 3. The van der Waals surface area contributed by atoms with Crippen LogP contribution in [0.2, 0.25) is 0 Å². The van der Waals surface area contributed by atoms with Gasteiger partial charge >= 0.3 is 6.03 Å². The van der Waals surface area contributed by atoms with Gasteiger partial charge in [0, 0.05) is 37.1 Å². The first-order valence-corrected chi connectivity index (χ1v) is 10.5. The molecule has 9 heteroatoms. The first kappa shape index (κ1) is 21.0. The average molecular weight is 426 g/mol. The number of urea groups is 1. The molecule has 2 aromatic heterocycles. The number of rotatable bonds is 5. The summed E-state index contributed by atoms with van der Waals surface area (Å²) in [6.45, 7) is 9.35. The summed E-state index contributed by atoms with van der Waals surface area (Å²) in [6.07, 6.45) is 3.20. The van der Waals surface area contributed by atoms with E-state index in [0.29, 0.717) is 28.4 Å².